The zero-order valence-corrected chi connectivity index (χ0v) is 38.0. The number of phenolic OH excluding ortho intramolecular Hbond substituents is 1. The minimum Gasteiger partial charge on any atom is -0.505 e. The van der Waals surface area contributed by atoms with Crippen molar-refractivity contribution in [1.29, 1.82) is 0 Å². The lowest BCUT2D eigenvalue weighted by Crippen LogP contribution is -2.12. The van der Waals surface area contributed by atoms with Crippen molar-refractivity contribution >= 4 is 122 Å². The molecule has 0 aliphatic rings. The number of hydrogen-bond acceptors (Lipinski definition) is 25. The molecule has 0 bridgehead atoms. The molecule has 0 atom stereocenters. The summed E-state index contributed by atoms with van der Waals surface area (Å²) in [6.07, 6.45) is 0. The number of hydrogen-bond donors (Lipinski definition) is 8. The fourth-order valence-electron chi connectivity index (χ4n) is 5.71. The van der Waals surface area contributed by atoms with Crippen LogP contribution in [0.1, 0.15) is 5.56 Å². The summed E-state index contributed by atoms with van der Waals surface area (Å²) in [5.41, 5.74) is 19.8. The number of azo groups is 3. The van der Waals surface area contributed by atoms with Gasteiger partial charge < -0.3 is 22.3 Å². The highest BCUT2D eigenvalue weighted by Crippen LogP contribution is 2.50. The molecular weight excluding hydrogens is 985 g/mol. The number of rotatable bonds is 20. The second-order valence-corrected chi connectivity index (χ2v) is 19.8. The first-order valence-electron chi connectivity index (χ1n) is 18.3. The maximum absolute atomic E-state index is 13.2. The highest BCUT2D eigenvalue weighted by atomic mass is 32.2. The van der Waals surface area contributed by atoms with Crippen LogP contribution in [-0.2, 0) is 52.9 Å². The number of phenols is 1. The second kappa shape index (κ2) is 21.5. The molecule has 0 saturated carbocycles. The predicted molar refractivity (Wildman–Crippen MR) is 244 cm³/mol. The molecule has 0 aromatic heterocycles. The van der Waals surface area contributed by atoms with Crippen LogP contribution in [-0.4, -0.2) is 57.8 Å². The van der Waals surface area contributed by atoms with Gasteiger partial charge in [-0.2, -0.15) is 23.8 Å². The molecule has 30 heteroatoms. The first-order chi connectivity index (χ1) is 31.8. The van der Waals surface area contributed by atoms with Crippen LogP contribution in [0, 0.1) is 6.92 Å². The van der Waals surface area contributed by atoms with Crippen molar-refractivity contribution in [3.63, 3.8) is 0 Å². The van der Waals surface area contributed by atoms with Crippen LogP contribution in [0.15, 0.2) is 147 Å². The molecule has 0 radical (unpaired) electrons. The van der Waals surface area contributed by atoms with Crippen LogP contribution in [0.5, 0.6) is 5.75 Å². The molecule has 6 aromatic carbocycles. The Hall–Kier alpha value is -6.39. The summed E-state index contributed by atoms with van der Waals surface area (Å²) in [7, 11) is -13.1. The number of aryl methyl sites for hydroxylation is 1. The van der Waals surface area contributed by atoms with Gasteiger partial charge in [-0.25, -0.2) is 27.4 Å². The molecule has 0 amide bonds. The smallest absolute Gasteiger partial charge is 0.295 e. The van der Waals surface area contributed by atoms with E-state index >= 15 is 0 Å². The molecule has 352 valence electrons. The number of nitrogen functional groups attached to an aromatic ring is 3. The highest BCUT2D eigenvalue weighted by Gasteiger charge is 2.26. The summed E-state index contributed by atoms with van der Waals surface area (Å²) in [4.78, 5) is -1.33. The van der Waals surface area contributed by atoms with E-state index in [0.29, 0.717) is 22.7 Å². The van der Waals surface area contributed by atoms with E-state index in [0.717, 1.165) is 17.7 Å². The van der Waals surface area contributed by atoms with E-state index in [1.54, 1.807) is 19.1 Å². The molecule has 0 unspecified atom stereocenters. The summed E-state index contributed by atoms with van der Waals surface area (Å²) >= 11 is 0.451. The summed E-state index contributed by atoms with van der Waals surface area (Å²) in [6.45, 7) is 1.47. The van der Waals surface area contributed by atoms with Crippen molar-refractivity contribution < 1.29 is 68.4 Å². The summed E-state index contributed by atoms with van der Waals surface area (Å²) in [6, 6.07) is 21.2. The van der Waals surface area contributed by atoms with E-state index in [1.165, 1.54) is 72.8 Å². The number of nitrogens with one attached hydrogen (secondary N) is 1. The number of nitrogens with two attached hydrogens (primary N) is 3. The number of aromatic hydroxyl groups is 1. The highest BCUT2D eigenvalue weighted by molar-refractivity contribution is 7.94. The van der Waals surface area contributed by atoms with Gasteiger partial charge in [0.1, 0.15) is 22.0 Å². The monoisotopic (exact) mass is 1020 g/mol. The van der Waals surface area contributed by atoms with Crippen molar-refractivity contribution in [2.24, 2.45) is 30.7 Å². The van der Waals surface area contributed by atoms with Crippen LogP contribution in [0.3, 0.4) is 0 Å². The lowest BCUT2D eigenvalue weighted by molar-refractivity contribution is -0.434. The molecule has 0 aliphatic carbocycles. The molecule has 25 nitrogen and oxygen atoms in total. The van der Waals surface area contributed by atoms with Gasteiger partial charge in [0.05, 0.1) is 72.9 Å². The Kier molecular flexibility index (Phi) is 16.0. The van der Waals surface area contributed by atoms with Crippen molar-refractivity contribution in [2.45, 2.75) is 26.5 Å². The van der Waals surface area contributed by atoms with Crippen LogP contribution < -0.4 is 21.9 Å². The largest absolute Gasteiger partial charge is 0.505 e. The lowest BCUT2D eigenvalue weighted by Gasteiger charge is -2.14. The van der Waals surface area contributed by atoms with Crippen LogP contribution in [0.25, 0.3) is 10.8 Å². The third-order valence-electron chi connectivity index (χ3n) is 8.98. The standard InChI is InChI=1S/C37H34N10O15S5/c1-20-16-30(29(39)18-28(20)38)44-41-21-2-4-24(5-3-21)47-66(53,54)26-12-8-22(9-13-26)42-45-31-19-33(67(55,56)57)27-17-32(63-61-59-49)36(37(48)34(27)35(31)40)46-43-23-6-10-25(11-7-23)65(51,52)15-14-58-64-62-60-50/h2-13,16-19,47-50H,14-15,38-40H2,1H3,(H,55,56,57). The van der Waals surface area contributed by atoms with E-state index in [2.05, 4.69) is 54.2 Å². The van der Waals surface area contributed by atoms with Crippen LogP contribution in [0.4, 0.5) is 56.9 Å². The van der Waals surface area contributed by atoms with E-state index in [4.69, 9.17) is 31.9 Å². The topological polar surface area (TPSA) is 394 Å². The molecule has 0 fully saturated rings. The molecule has 6 aromatic rings. The first kappa shape index (κ1) is 50.0. The lowest BCUT2D eigenvalue weighted by atomic mass is 10.0. The van der Waals surface area contributed by atoms with Gasteiger partial charge in [-0.3, -0.25) is 13.5 Å². The van der Waals surface area contributed by atoms with Gasteiger partial charge in [0.2, 0.25) is 0 Å². The third-order valence-corrected chi connectivity index (χ3v) is 14.0. The average Bonchev–Trinajstić information content (AvgIpc) is 3.28. The SMILES string of the molecule is Cc1cc(N=Nc2ccc(NS(=O)(=O)c3ccc(N=Nc4cc(S(=O)(=O)O)c5cc(SOOO)c(N=Nc6ccc(S(=O)(=O)CCOSOOO)cc6)c(O)c5c4N)cc3)cc2)c(N)cc1N. The van der Waals surface area contributed by atoms with Gasteiger partial charge >= 0.3 is 0 Å². The predicted octanol–water partition coefficient (Wildman–Crippen LogP) is 9.10. The summed E-state index contributed by atoms with van der Waals surface area (Å²) in [5, 5.41) is 59.1. The Morgan fingerprint density at radius 3 is 1.84 bits per heavy atom. The Bertz CT molecular complexity index is 3220. The van der Waals surface area contributed by atoms with Crippen molar-refractivity contribution in [2.75, 3.05) is 34.3 Å². The minimum absolute atomic E-state index is 0.0586. The molecule has 6 rings (SSSR count). The van der Waals surface area contributed by atoms with Gasteiger partial charge in [-0.05, 0) is 110 Å². The first-order valence-corrected chi connectivity index (χ1v) is 24.3. The summed E-state index contributed by atoms with van der Waals surface area (Å²) < 4.78 is 103. The Morgan fingerprint density at radius 1 is 0.672 bits per heavy atom. The number of benzene rings is 6. The molecule has 0 heterocycles. The van der Waals surface area contributed by atoms with E-state index in [1.807, 2.05) is 0 Å². The Labute approximate surface area is 388 Å². The van der Waals surface area contributed by atoms with Crippen molar-refractivity contribution in [1.82, 2.24) is 0 Å². The molecule has 11 N–H and O–H groups in total. The normalized spacial score (nSPS) is 12.5. The molecule has 0 aliphatic heterocycles. The van der Waals surface area contributed by atoms with Gasteiger partial charge in [-0.15, -0.1) is 24.0 Å². The molecule has 0 saturated heterocycles. The van der Waals surface area contributed by atoms with Gasteiger partial charge in [-0.1, -0.05) is 10.1 Å². The zero-order valence-electron chi connectivity index (χ0n) is 33.9. The maximum Gasteiger partial charge on any atom is 0.295 e. The fourth-order valence-corrected chi connectivity index (χ4v) is 9.37. The van der Waals surface area contributed by atoms with E-state index in [9.17, 15) is 34.9 Å². The number of anilines is 4. The van der Waals surface area contributed by atoms with Gasteiger partial charge in [0.25, 0.3) is 20.1 Å². The van der Waals surface area contributed by atoms with Gasteiger partial charge in [0.15, 0.2) is 27.9 Å². The second-order valence-electron chi connectivity index (χ2n) is 13.4. The third kappa shape index (κ3) is 12.5. The zero-order chi connectivity index (χ0) is 48.5. The number of fused-ring (bicyclic) bond motifs is 1. The van der Waals surface area contributed by atoms with E-state index < -0.39 is 57.5 Å². The maximum atomic E-state index is 13.2. The van der Waals surface area contributed by atoms with E-state index in [-0.39, 0.29) is 79.5 Å². The van der Waals surface area contributed by atoms with Crippen LogP contribution in [0.2, 0.25) is 0 Å². The Balaban J connectivity index is 1.24. The van der Waals surface area contributed by atoms with Crippen molar-refractivity contribution in [3.8, 4) is 5.75 Å². The summed E-state index contributed by atoms with van der Waals surface area (Å²) in [5.74, 6) is -1.30. The number of sulfonamides is 1. The molecule has 0 spiro atoms. The quantitative estimate of drug-likeness (QED) is 0.00671. The number of nitrogens with zero attached hydrogens (tertiary/aromatic N) is 6. The fraction of sp³-hybridized carbons (Fsp3) is 0.0811. The van der Waals surface area contributed by atoms with Crippen LogP contribution >= 0.6 is 24.4 Å². The number of sulfone groups is 1. The van der Waals surface area contributed by atoms with Gasteiger partial charge in [0, 0.05) is 16.8 Å². The Morgan fingerprint density at radius 2 is 1.24 bits per heavy atom. The minimum atomic E-state index is -5.09. The molecule has 67 heavy (non-hydrogen) atoms. The average molecular weight is 1020 g/mol. The van der Waals surface area contributed by atoms with Crippen molar-refractivity contribution in [3.05, 3.63) is 103 Å². The molecular formula is C37H34N10O15S5.